The van der Waals surface area contributed by atoms with Gasteiger partial charge in [-0.05, 0) is 17.5 Å². The number of rotatable bonds is 5. The molecular formula is C14H22ClN3O3. The Balaban J connectivity index is 0.00000400. The summed E-state index contributed by atoms with van der Waals surface area (Å²) in [5.74, 6) is -0.385. The Kier molecular flexibility index (Phi) is 7.18. The van der Waals surface area contributed by atoms with Crippen LogP contribution in [0.2, 0.25) is 0 Å². The van der Waals surface area contributed by atoms with Crippen molar-refractivity contribution >= 4 is 29.9 Å². The van der Waals surface area contributed by atoms with Crippen LogP contribution < -0.4 is 21.5 Å². The molecule has 7 heteroatoms. The van der Waals surface area contributed by atoms with Crippen LogP contribution in [-0.2, 0) is 9.59 Å². The predicted octanol–water partition coefficient (Wildman–Crippen LogP) is 1.28. The fourth-order valence-electron chi connectivity index (χ4n) is 1.43. The Morgan fingerprint density at radius 3 is 2.48 bits per heavy atom. The Morgan fingerprint density at radius 2 is 1.95 bits per heavy atom. The van der Waals surface area contributed by atoms with Crippen LogP contribution in [0.25, 0.3) is 0 Å². The molecule has 0 aliphatic rings. The van der Waals surface area contributed by atoms with Gasteiger partial charge in [0.25, 0.3) is 5.91 Å². The summed E-state index contributed by atoms with van der Waals surface area (Å²) < 4.78 is 5.16. The van der Waals surface area contributed by atoms with Crippen LogP contribution in [-0.4, -0.2) is 24.5 Å². The molecule has 1 rings (SSSR count). The minimum Gasteiger partial charge on any atom is -0.484 e. The zero-order chi connectivity index (χ0) is 15.3. The highest BCUT2D eigenvalue weighted by atomic mass is 35.5. The van der Waals surface area contributed by atoms with Gasteiger partial charge in [-0.2, -0.15) is 0 Å². The van der Waals surface area contributed by atoms with Crippen LogP contribution in [0.15, 0.2) is 24.3 Å². The predicted molar refractivity (Wildman–Crippen MR) is 84.4 cm³/mol. The van der Waals surface area contributed by atoms with Gasteiger partial charge >= 0.3 is 0 Å². The zero-order valence-corrected chi connectivity index (χ0v) is 13.2. The quantitative estimate of drug-likeness (QED) is 0.760. The van der Waals surface area contributed by atoms with E-state index in [4.69, 9.17) is 16.2 Å². The summed E-state index contributed by atoms with van der Waals surface area (Å²) in [5.41, 5.74) is 11.1. The standard InChI is InChI=1S/C14H21N3O3.ClH/c1-14(2,3)12(16)13(19)17-9-5-4-6-10(7-9)20-8-11(15)18;/h4-7,12H,8,16H2,1-3H3,(H2,15,18)(H,17,19);1H/t12-;/m1./s1. The lowest BCUT2D eigenvalue weighted by atomic mass is 9.87. The minimum absolute atomic E-state index is 0. The summed E-state index contributed by atoms with van der Waals surface area (Å²) in [4.78, 5) is 22.6. The molecule has 0 bridgehead atoms. The lowest BCUT2D eigenvalue weighted by Crippen LogP contribution is -2.45. The molecule has 0 unspecified atom stereocenters. The molecule has 0 heterocycles. The third-order valence-electron chi connectivity index (χ3n) is 2.70. The highest BCUT2D eigenvalue weighted by Gasteiger charge is 2.27. The number of carbonyl (C=O) groups excluding carboxylic acids is 2. The fourth-order valence-corrected chi connectivity index (χ4v) is 1.43. The molecular weight excluding hydrogens is 294 g/mol. The molecule has 0 aliphatic carbocycles. The van der Waals surface area contributed by atoms with Crippen molar-refractivity contribution in [2.24, 2.45) is 16.9 Å². The van der Waals surface area contributed by atoms with E-state index in [2.05, 4.69) is 5.32 Å². The molecule has 1 aromatic rings. The van der Waals surface area contributed by atoms with Crippen LogP contribution in [0.1, 0.15) is 20.8 Å². The second kappa shape index (κ2) is 7.85. The molecule has 0 aliphatic heterocycles. The van der Waals surface area contributed by atoms with Gasteiger partial charge in [0.15, 0.2) is 6.61 Å². The first-order chi connectivity index (χ1) is 9.20. The molecule has 0 fully saturated rings. The van der Waals surface area contributed by atoms with E-state index in [1.165, 1.54) is 0 Å². The maximum atomic E-state index is 12.0. The van der Waals surface area contributed by atoms with Gasteiger partial charge in [0.2, 0.25) is 5.91 Å². The SMILES string of the molecule is CC(C)(C)[C@H](N)C(=O)Nc1cccc(OCC(N)=O)c1.Cl. The second-order valence-corrected chi connectivity index (χ2v) is 5.62. The van der Waals surface area contributed by atoms with Crippen LogP contribution in [0.4, 0.5) is 5.69 Å². The molecule has 6 nitrogen and oxygen atoms in total. The number of hydrogen-bond donors (Lipinski definition) is 3. The van der Waals surface area contributed by atoms with Crippen LogP contribution in [0.5, 0.6) is 5.75 Å². The highest BCUT2D eigenvalue weighted by Crippen LogP contribution is 2.21. The Labute approximate surface area is 130 Å². The van der Waals surface area contributed by atoms with Crippen LogP contribution in [0.3, 0.4) is 0 Å². The van der Waals surface area contributed by atoms with E-state index < -0.39 is 11.9 Å². The number of nitrogens with two attached hydrogens (primary N) is 2. The van der Waals surface area contributed by atoms with Crippen molar-refractivity contribution in [2.45, 2.75) is 26.8 Å². The van der Waals surface area contributed by atoms with E-state index in [-0.39, 0.29) is 30.3 Å². The van der Waals surface area contributed by atoms with Gasteiger partial charge in [0.1, 0.15) is 5.75 Å². The average Bonchev–Trinajstić information content (AvgIpc) is 2.34. The second-order valence-electron chi connectivity index (χ2n) is 5.62. The molecule has 0 radical (unpaired) electrons. The minimum atomic E-state index is -0.627. The summed E-state index contributed by atoms with van der Waals surface area (Å²) in [7, 11) is 0. The van der Waals surface area contributed by atoms with Crippen molar-refractivity contribution in [3.8, 4) is 5.75 Å². The molecule has 0 spiro atoms. The van der Waals surface area contributed by atoms with Gasteiger partial charge in [0.05, 0.1) is 6.04 Å². The smallest absolute Gasteiger partial charge is 0.255 e. The number of carbonyl (C=O) groups is 2. The molecule has 0 saturated heterocycles. The van der Waals surface area contributed by atoms with Crippen molar-refractivity contribution < 1.29 is 14.3 Å². The van der Waals surface area contributed by atoms with E-state index in [0.29, 0.717) is 11.4 Å². The average molecular weight is 316 g/mol. The van der Waals surface area contributed by atoms with Gasteiger partial charge in [0, 0.05) is 11.8 Å². The molecule has 1 aromatic carbocycles. The summed E-state index contributed by atoms with van der Waals surface area (Å²) >= 11 is 0. The van der Waals surface area contributed by atoms with Crippen LogP contribution >= 0.6 is 12.4 Å². The molecule has 0 aromatic heterocycles. The lowest BCUT2D eigenvalue weighted by molar-refractivity contribution is -0.120. The number of primary amides is 1. The van der Waals surface area contributed by atoms with E-state index in [1.807, 2.05) is 20.8 Å². The summed E-state index contributed by atoms with van der Waals surface area (Å²) in [6.45, 7) is 5.47. The zero-order valence-electron chi connectivity index (χ0n) is 12.4. The van der Waals surface area contributed by atoms with Gasteiger partial charge in [-0.25, -0.2) is 0 Å². The molecule has 0 saturated carbocycles. The topological polar surface area (TPSA) is 107 Å². The maximum absolute atomic E-state index is 12.0. The van der Waals surface area contributed by atoms with Gasteiger partial charge in [-0.15, -0.1) is 12.4 Å². The van der Waals surface area contributed by atoms with Crippen molar-refractivity contribution in [3.05, 3.63) is 24.3 Å². The van der Waals surface area contributed by atoms with Crippen molar-refractivity contribution in [1.29, 1.82) is 0 Å². The summed E-state index contributed by atoms with van der Waals surface area (Å²) in [6.07, 6.45) is 0. The van der Waals surface area contributed by atoms with Gasteiger partial charge in [-0.3, -0.25) is 9.59 Å². The third-order valence-corrected chi connectivity index (χ3v) is 2.70. The number of nitrogens with one attached hydrogen (secondary N) is 1. The first-order valence-electron chi connectivity index (χ1n) is 6.28. The molecule has 2 amide bonds. The third kappa shape index (κ3) is 6.46. The summed E-state index contributed by atoms with van der Waals surface area (Å²) in [6, 6.07) is 6.06. The van der Waals surface area contributed by atoms with Crippen molar-refractivity contribution in [1.82, 2.24) is 0 Å². The number of ether oxygens (including phenoxy) is 1. The molecule has 21 heavy (non-hydrogen) atoms. The normalized spacial score (nSPS) is 12.0. The fraction of sp³-hybridized carbons (Fsp3) is 0.429. The van der Waals surface area contributed by atoms with E-state index >= 15 is 0 Å². The largest absolute Gasteiger partial charge is 0.484 e. The van der Waals surface area contributed by atoms with Crippen LogP contribution in [0, 0.1) is 5.41 Å². The maximum Gasteiger partial charge on any atom is 0.255 e. The monoisotopic (exact) mass is 315 g/mol. The highest BCUT2D eigenvalue weighted by molar-refractivity contribution is 5.95. The molecule has 1 atom stereocenters. The first-order valence-corrected chi connectivity index (χ1v) is 6.28. The number of hydrogen-bond acceptors (Lipinski definition) is 4. The number of amides is 2. The lowest BCUT2D eigenvalue weighted by Gasteiger charge is -2.25. The number of anilines is 1. The number of halogens is 1. The van der Waals surface area contributed by atoms with Gasteiger partial charge < -0.3 is 21.5 Å². The Morgan fingerprint density at radius 1 is 1.33 bits per heavy atom. The molecule has 5 N–H and O–H groups in total. The van der Waals surface area contributed by atoms with E-state index in [1.54, 1.807) is 24.3 Å². The van der Waals surface area contributed by atoms with Crippen molar-refractivity contribution in [3.63, 3.8) is 0 Å². The Hall–Kier alpha value is -1.79. The number of benzene rings is 1. The van der Waals surface area contributed by atoms with E-state index in [9.17, 15) is 9.59 Å². The van der Waals surface area contributed by atoms with Crippen molar-refractivity contribution in [2.75, 3.05) is 11.9 Å². The van der Waals surface area contributed by atoms with Gasteiger partial charge in [-0.1, -0.05) is 26.8 Å². The molecule has 118 valence electrons. The first kappa shape index (κ1) is 19.2. The summed E-state index contributed by atoms with van der Waals surface area (Å²) in [5, 5.41) is 2.72. The Bertz CT molecular complexity index is 500. The van der Waals surface area contributed by atoms with E-state index in [0.717, 1.165) is 0 Å².